The number of benzene rings is 2. The number of hydrazone groups is 1. The van der Waals surface area contributed by atoms with Crippen LogP contribution in [0.3, 0.4) is 0 Å². The first-order chi connectivity index (χ1) is 14.5. The van der Waals surface area contributed by atoms with E-state index in [0.29, 0.717) is 28.4 Å². The predicted octanol–water partition coefficient (Wildman–Crippen LogP) is 4.22. The zero-order chi connectivity index (χ0) is 21.1. The Morgan fingerprint density at radius 1 is 1.17 bits per heavy atom. The Kier molecular flexibility index (Phi) is 5.45. The molecular formula is C23H19FN2O4. The standard InChI is InChI=1S/C23H19FN2O4/c1-29-14-21-19(23(28)26(25-21)13-15-5-4-6-16(27)11-15)12-17-9-10-22(30-17)18-7-2-3-8-20(18)24/h2-12,27H,13-14H2,1H3/b19-12-. The van der Waals surface area contributed by atoms with Gasteiger partial charge < -0.3 is 14.3 Å². The molecular weight excluding hydrogens is 387 g/mol. The van der Waals surface area contributed by atoms with E-state index in [1.165, 1.54) is 18.2 Å². The van der Waals surface area contributed by atoms with E-state index in [1.54, 1.807) is 60.7 Å². The molecule has 0 bridgehead atoms. The van der Waals surface area contributed by atoms with Gasteiger partial charge in [-0.1, -0.05) is 24.3 Å². The Morgan fingerprint density at radius 2 is 2.00 bits per heavy atom. The van der Waals surface area contributed by atoms with Crippen LogP contribution in [0.15, 0.2) is 75.8 Å². The van der Waals surface area contributed by atoms with E-state index in [-0.39, 0.29) is 30.6 Å². The number of carbonyl (C=O) groups excluding carboxylic acids is 1. The van der Waals surface area contributed by atoms with Crippen molar-refractivity contribution in [1.82, 2.24) is 5.01 Å². The van der Waals surface area contributed by atoms with E-state index >= 15 is 0 Å². The van der Waals surface area contributed by atoms with Crippen molar-refractivity contribution >= 4 is 17.7 Å². The Morgan fingerprint density at radius 3 is 2.77 bits per heavy atom. The van der Waals surface area contributed by atoms with Crippen LogP contribution in [0.4, 0.5) is 4.39 Å². The van der Waals surface area contributed by atoms with Gasteiger partial charge in [-0.2, -0.15) is 5.10 Å². The third-order valence-electron chi connectivity index (χ3n) is 4.59. The monoisotopic (exact) mass is 406 g/mol. The summed E-state index contributed by atoms with van der Waals surface area (Å²) < 4.78 is 24.9. The van der Waals surface area contributed by atoms with Crippen molar-refractivity contribution in [2.24, 2.45) is 5.10 Å². The number of phenols is 1. The number of hydrogen-bond donors (Lipinski definition) is 1. The molecule has 1 amide bonds. The Hall–Kier alpha value is -3.71. The highest BCUT2D eigenvalue weighted by molar-refractivity contribution is 6.27. The van der Waals surface area contributed by atoms with Gasteiger partial charge in [0.05, 0.1) is 30.0 Å². The van der Waals surface area contributed by atoms with Gasteiger partial charge in [0.15, 0.2) is 0 Å². The van der Waals surface area contributed by atoms with Crippen LogP contribution < -0.4 is 0 Å². The quantitative estimate of drug-likeness (QED) is 0.622. The summed E-state index contributed by atoms with van der Waals surface area (Å²) in [6.07, 6.45) is 1.58. The fourth-order valence-electron chi connectivity index (χ4n) is 3.21. The summed E-state index contributed by atoms with van der Waals surface area (Å²) in [6, 6.07) is 16.3. The number of hydrogen-bond acceptors (Lipinski definition) is 5. The van der Waals surface area contributed by atoms with Crippen molar-refractivity contribution in [3.63, 3.8) is 0 Å². The minimum absolute atomic E-state index is 0.118. The molecule has 2 heterocycles. The van der Waals surface area contributed by atoms with Crippen molar-refractivity contribution in [3.05, 3.63) is 83.4 Å². The SMILES string of the molecule is COCC1=NN(Cc2cccc(O)c2)C(=O)/C1=C\c1ccc(-c2ccccc2F)o1. The number of rotatable bonds is 6. The van der Waals surface area contributed by atoms with E-state index in [4.69, 9.17) is 9.15 Å². The smallest absolute Gasteiger partial charge is 0.276 e. The van der Waals surface area contributed by atoms with E-state index in [9.17, 15) is 14.3 Å². The molecule has 152 valence electrons. The van der Waals surface area contributed by atoms with Gasteiger partial charge in [-0.05, 0) is 48.0 Å². The number of halogens is 1. The maximum Gasteiger partial charge on any atom is 0.276 e. The average molecular weight is 406 g/mol. The molecule has 0 fully saturated rings. The van der Waals surface area contributed by atoms with Crippen molar-refractivity contribution in [2.45, 2.75) is 6.54 Å². The Bertz CT molecular complexity index is 1150. The number of carbonyl (C=O) groups is 1. The molecule has 6 nitrogen and oxygen atoms in total. The molecule has 1 aliphatic heterocycles. The van der Waals surface area contributed by atoms with Gasteiger partial charge in [-0.25, -0.2) is 9.40 Å². The molecule has 0 saturated carbocycles. The van der Waals surface area contributed by atoms with Gasteiger partial charge in [-0.15, -0.1) is 0 Å². The van der Waals surface area contributed by atoms with Crippen molar-refractivity contribution < 1.29 is 23.4 Å². The Balaban J connectivity index is 1.61. The Labute approximate surface area is 172 Å². The highest BCUT2D eigenvalue weighted by atomic mass is 19.1. The van der Waals surface area contributed by atoms with Crippen LogP contribution in [0, 0.1) is 5.82 Å². The van der Waals surface area contributed by atoms with E-state index < -0.39 is 0 Å². The minimum atomic E-state index is -0.387. The largest absolute Gasteiger partial charge is 0.508 e. The van der Waals surface area contributed by atoms with Gasteiger partial charge in [-0.3, -0.25) is 4.79 Å². The number of ether oxygens (including phenoxy) is 1. The summed E-state index contributed by atoms with van der Waals surface area (Å²) in [6.45, 7) is 0.353. The molecule has 3 aromatic rings. The number of amides is 1. The van der Waals surface area contributed by atoms with Crippen LogP contribution >= 0.6 is 0 Å². The highest BCUT2D eigenvalue weighted by Crippen LogP contribution is 2.27. The first-order valence-electron chi connectivity index (χ1n) is 9.28. The third-order valence-corrected chi connectivity index (χ3v) is 4.59. The lowest BCUT2D eigenvalue weighted by atomic mass is 10.1. The summed E-state index contributed by atoms with van der Waals surface area (Å²) in [4.78, 5) is 12.9. The van der Waals surface area contributed by atoms with Gasteiger partial charge in [0.25, 0.3) is 5.91 Å². The molecule has 2 aromatic carbocycles. The van der Waals surface area contributed by atoms with E-state index in [1.807, 2.05) is 0 Å². The number of aromatic hydroxyl groups is 1. The summed E-state index contributed by atoms with van der Waals surface area (Å²) >= 11 is 0. The molecule has 30 heavy (non-hydrogen) atoms. The second-order valence-corrected chi connectivity index (χ2v) is 6.75. The van der Waals surface area contributed by atoms with Gasteiger partial charge in [0.2, 0.25) is 0 Å². The zero-order valence-electron chi connectivity index (χ0n) is 16.2. The number of phenolic OH excluding ortho intramolecular Hbond substituents is 1. The van der Waals surface area contributed by atoms with Gasteiger partial charge in [0, 0.05) is 7.11 Å². The lowest BCUT2D eigenvalue weighted by Crippen LogP contribution is -2.21. The normalized spacial score (nSPS) is 15.1. The van der Waals surface area contributed by atoms with Crippen LogP contribution in [0.2, 0.25) is 0 Å². The van der Waals surface area contributed by atoms with Crippen LogP contribution in [-0.2, 0) is 16.1 Å². The molecule has 1 aliphatic rings. The topological polar surface area (TPSA) is 75.3 Å². The number of methoxy groups -OCH3 is 1. The van der Waals surface area contributed by atoms with Crippen molar-refractivity contribution in [3.8, 4) is 17.1 Å². The lowest BCUT2D eigenvalue weighted by Gasteiger charge is -2.11. The van der Waals surface area contributed by atoms with Gasteiger partial charge >= 0.3 is 0 Å². The number of furan rings is 1. The molecule has 0 unspecified atom stereocenters. The maximum absolute atomic E-state index is 14.0. The summed E-state index contributed by atoms with van der Waals surface area (Å²) in [7, 11) is 1.52. The molecule has 0 atom stereocenters. The highest BCUT2D eigenvalue weighted by Gasteiger charge is 2.30. The second-order valence-electron chi connectivity index (χ2n) is 6.75. The van der Waals surface area contributed by atoms with Crippen LogP contribution in [0.25, 0.3) is 17.4 Å². The molecule has 1 N–H and O–H groups in total. The summed E-state index contributed by atoms with van der Waals surface area (Å²) in [5.74, 6) is 0.190. The van der Waals surface area contributed by atoms with Gasteiger partial charge in [0.1, 0.15) is 23.1 Å². The number of nitrogens with zero attached hydrogens (tertiary/aromatic N) is 2. The molecule has 4 rings (SSSR count). The summed E-state index contributed by atoms with van der Waals surface area (Å²) in [5.41, 5.74) is 1.89. The predicted molar refractivity (Wildman–Crippen MR) is 110 cm³/mol. The minimum Gasteiger partial charge on any atom is -0.508 e. The second kappa shape index (κ2) is 8.34. The molecule has 0 radical (unpaired) electrons. The molecule has 0 saturated heterocycles. The van der Waals surface area contributed by atoms with Crippen LogP contribution in [-0.4, -0.2) is 35.5 Å². The zero-order valence-corrected chi connectivity index (χ0v) is 16.2. The average Bonchev–Trinajstić information content (AvgIpc) is 3.29. The van der Waals surface area contributed by atoms with Crippen molar-refractivity contribution in [1.29, 1.82) is 0 Å². The molecule has 7 heteroatoms. The molecule has 0 spiro atoms. The fourth-order valence-corrected chi connectivity index (χ4v) is 3.21. The molecule has 0 aliphatic carbocycles. The maximum atomic E-state index is 14.0. The lowest BCUT2D eigenvalue weighted by molar-refractivity contribution is -0.126. The van der Waals surface area contributed by atoms with Crippen LogP contribution in [0.5, 0.6) is 5.75 Å². The first kappa shape index (κ1) is 19.6. The summed E-state index contributed by atoms with van der Waals surface area (Å²) in [5, 5.41) is 15.3. The first-order valence-corrected chi connectivity index (χ1v) is 9.28. The third kappa shape index (κ3) is 4.01. The van der Waals surface area contributed by atoms with Crippen molar-refractivity contribution in [2.75, 3.05) is 13.7 Å². The van der Waals surface area contributed by atoms with E-state index in [0.717, 1.165) is 5.56 Å². The fraction of sp³-hybridized carbons (Fsp3) is 0.130. The van der Waals surface area contributed by atoms with E-state index in [2.05, 4.69) is 5.10 Å². The molecule has 1 aromatic heterocycles. The van der Waals surface area contributed by atoms with Crippen LogP contribution in [0.1, 0.15) is 11.3 Å².